The number of rotatable bonds is 5. The minimum Gasteiger partial charge on any atom is -0.493 e. The summed E-state index contributed by atoms with van der Waals surface area (Å²) in [5.74, 6) is 0.0141. The fourth-order valence-electron chi connectivity index (χ4n) is 3.12. The average molecular weight is 405 g/mol. The smallest absolute Gasteiger partial charge is 0.343 e. The number of hydrogen-bond acceptors (Lipinski definition) is 6. The molecule has 0 unspecified atom stereocenters. The predicted molar refractivity (Wildman–Crippen MR) is 103 cm³/mol. The van der Waals surface area contributed by atoms with Gasteiger partial charge in [-0.15, -0.1) is 0 Å². The van der Waals surface area contributed by atoms with Crippen molar-refractivity contribution in [1.82, 2.24) is 4.31 Å². The first kappa shape index (κ1) is 20.3. The van der Waals surface area contributed by atoms with Crippen LogP contribution >= 0.6 is 0 Å². The van der Waals surface area contributed by atoms with Gasteiger partial charge in [-0.25, -0.2) is 13.2 Å². The van der Waals surface area contributed by atoms with E-state index in [9.17, 15) is 13.2 Å². The molecule has 0 N–H and O–H groups in total. The van der Waals surface area contributed by atoms with E-state index < -0.39 is 16.0 Å². The Hall–Kier alpha value is -2.42. The lowest BCUT2D eigenvalue weighted by molar-refractivity contribution is -0.0440. The van der Waals surface area contributed by atoms with Gasteiger partial charge in [0.2, 0.25) is 10.0 Å². The van der Waals surface area contributed by atoms with Crippen LogP contribution in [0.15, 0.2) is 53.4 Å². The fraction of sp³-hybridized carbons (Fsp3) is 0.350. The second-order valence-corrected chi connectivity index (χ2v) is 8.59. The van der Waals surface area contributed by atoms with Gasteiger partial charge < -0.3 is 14.2 Å². The molecule has 1 heterocycles. The first-order valence-corrected chi connectivity index (χ1v) is 10.4. The lowest BCUT2D eigenvalue weighted by Crippen LogP contribution is -2.48. The van der Waals surface area contributed by atoms with Crippen LogP contribution in [0.5, 0.6) is 11.5 Å². The van der Waals surface area contributed by atoms with E-state index in [4.69, 9.17) is 14.2 Å². The van der Waals surface area contributed by atoms with Gasteiger partial charge in [-0.05, 0) is 44.2 Å². The molecule has 0 saturated carbocycles. The zero-order valence-electron chi connectivity index (χ0n) is 16.0. The summed E-state index contributed by atoms with van der Waals surface area (Å²) in [5, 5.41) is 0. The van der Waals surface area contributed by atoms with Crippen molar-refractivity contribution in [1.29, 1.82) is 0 Å². The van der Waals surface area contributed by atoms with Gasteiger partial charge in [-0.2, -0.15) is 4.31 Å². The minimum atomic E-state index is -3.75. The summed E-state index contributed by atoms with van der Waals surface area (Å²) in [7, 11) is -2.27. The van der Waals surface area contributed by atoms with E-state index in [-0.39, 0.29) is 41.5 Å². The Balaban J connectivity index is 1.84. The fourth-order valence-corrected chi connectivity index (χ4v) is 4.76. The Morgan fingerprint density at radius 2 is 1.68 bits per heavy atom. The van der Waals surface area contributed by atoms with Gasteiger partial charge in [-0.3, -0.25) is 0 Å². The van der Waals surface area contributed by atoms with Crippen LogP contribution in [0, 0.1) is 0 Å². The van der Waals surface area contributed by atoms with Crippen LogP contribution in [0.2, 0.25) is 0 Å². The van der Waals surface area contributed by atoms with Crippen LogP contribution in [0.1, 0.15) is 24.2 Å². The summed E-state index contributed by atoms with van der Waals surface area (Å²) in [6.07, 6.45) is -0.394. The number of esters is 1. The number of methoxy groups -OCH3 is 1. The van der Waals surface area contributed by atoms with E-state index in [1.165, 1.54) is 35.7 Å². The van der Waals surface area contributed by atoms with Gasteiger partial charge in [-0.1, -0.05) is 18.2 Å². The molecule has 0 radical (unpaired) electrons. The number of para-hydroxylation sites is 2. The standard InChI is InChI=1S/C20H23NO6S/c1-14-12-21(13-15(2)26-14)28(23,24)17-8-6-7-16(11-17)20(22)27-19-10-5-4-9-18(19)25-3/h4-11,14-15H,12-13H2,1-3H3/t14-,15+. The maximum Gasteiger partial charge on any atom is 0.343 e. The third-order valence-electron chi connectivity index (χ3n) is 4.37. The number of carbonyl (C=O) groups is 1. The van der Waals surface area contributed by atoms with Crippen LogP contribution in [-0.2, 0) is 14.8 Å². The van der Waals surface area contributed by atoms with Crippen LogP contribution in [0.25, 0.3) is 0 Å². The normalized spacial score (nSPS) is 20.5. The molecule has 2 aromatic rings. The first-order valence-electron chi connectivity index (χ1n) is 8.92. The largest absolute Gasteiger partial charge is 0.493 e. The number of sulfonamides is 1. The Bertz CT molecular complexity index is 949. The zero-order valence-corrected chi connectivity index (χ0v) is 16.8. The van der Waals surface area contributed by atoms with Crippen molar-refractivity contribution in [3.8, 4) is 11.5 Å². The van der Waals surface area contributed by atoms with Crippen LogP contribution in [-0.4, -0.2) is 51.1 Å². The zero-order chi connectivity index (χ0) is 20.3. The maximum atomic E-state index is 13.0. The third kappa shape index (κ3) is 4.35. The van der Waals surface area contributed by atoms with Crippen molar-refractivity contribution in [3.63, 3.8) is 0 Å². The SMILES string of the molecule is COc1ccccc1OC(=O)c1cccc(S(=O)(=O)N2C[C@@H](C)O[C@@H](C)C2)c1. The van der Waals surface area contributed by atoms with E-state index in [1.807, 2.05) is 13.8 Å². The molecule has 0 aromatic heterocycles. The maximum absolute atomic E-state index is 13.0. The van der Waals surface area contributed by atoms with Crippen molar-refractivity contribution >= 4 is 16.0 Å². The lowest BCUT2D eigenvalue weighted by atomic mass is 10.2. The van der Waals surface area contributed by atoms with Crippen molar-refractivity contribution < 1.29 is 27.4 Å². The van der Waals surface area contributed by atoms with Gasteiger partial charge in [0.1, 0.15) is 0 Å². The van der Waals surface area contributed by atoms with Crippen LogP contribution in [0.4, 0.5) is 0 Å². The van der Waals surface area contributed by atoms with Crippen LogP contribution < -0.4 is 9.47 Å². The minimum absolute atomic E-state index is 0.0447. The van der Waals surface area contributed by atoms with Gasteiger partial charge in [0.05, 0.1) is 29.8 Å². The molecule has 7 nitrogen and oxygen atoms in total. The van der Waals surface area contributed by atoms with E-state index in [2.05, 4.69) is 0 Å². The van der Waals surface area contributed by atoms with Gasteiger partial charge in [0.25, 0.3) is 0 Å². The molecule has 1 aliphatic heterocycles. The highest BCUT2D eigenvalue weighted by Gasteiger charge is 2.32. The monoisotopic (exact) mass is 405 g/mol. The molecule has 8 heteroatoms. The molecule has 0 spiro atoms. The highest BCUT2D eigenvalue weighted by Crippen LogP contribution is 2.27. The van der Waals surface area contributed by atoms with E-state index in [0.29, 0.717) is 5.75 Å². The second-order valence-electron chi connectivity index (χ2n) is 6.65. The Labute approximate surface area is 164 Å². The quantitative estimate of drug-likeness (QED) is 0.562. The molecule has 150 valence electrons. The number of nitrogens with zero attached hydrogens (tertiary/aromatic N) is 1. The summed E-state index contributed by atoms with van der Waals surface area (Å²) in [6.45, 7) is 4.20. The lowest BCUT2D eigenvalue weighted by Gasteiger charge is -2.34. The Morgan fingerprint density at radius 3 is 2.32 bits per heavy atom. The van der Waals surface area contributed by atoms with Crippen molar-refractivity contribution in [2.24, 2.45) is 0 Å². The molecule has 28 heavy (non-hydrogen) atoms. The number of benzene rings is 2. The summed E-state index contributed by atoms with van der Waals surface area (Å²) >= 11 is 0. The van der Waals surface area contributed by atoms with E-state index >= 15 is 0 Å². The number of ether oxygens (including phenoxy) is 3. The molecule has 1 saturated heterocycles. The highest BCUT2D eigenvalue weighted by molar-refractivity contribution is 7.89. The van der Waals surface area contributed by atoms with Crippen molar-refractivity contribution in [2.75, 3.05) is 20.2 Å². The van der Waals surface area contributed by atoms with Crippen LogP contribution in [0.3, 0.4) is 0 Å². The van der Waals surface area contributed by atoms with Gasteiger partial charge in [0, 0.05) is 13.1 Å². The summed E-state index contributed by atoms with van der Waals surface area (Å²) in [4.78, 5) is 12.6. The molecule has 2 atom stereocenters. The highest BCUT2D eigenvalue weighted by atomic mass is 32.2. The molecule has 1 fully saturated rings. The van der Waals surface area contributed by atoms with Gasteiger partial charge in [0.15, 0.2) is 11.5 Å². The molecule has 3 rings (SSSR count). The summed E-state index contributed by atoms with van der Waals surface area (Å²) in [6, 6.07) is 12.6. The summed E-state index contributed by atoms with van der Waals surface area (Å²) < 4.78 is 43.6. The molecular weight excluding hydrogens is 382 g/mol. The first-order chi connectivity index (χ1) is 13.3. The van der Waals surface area contributed by atoms with Crippen molar-refractivity contribution in [3.05, 3.63) is 54.1 Å². The molecular formula is C20H23NO6S. The average Bonchev–Trinajstić information content (AvgIpc) is 2.67. The molecule has 0 aliphatic carbocycles. The molecule has 0 amide bonds. The molecule has 0 bridgehead atoms. The number of carbonyl (C=O) groups excluding carboxylic acids is 1. The number of morpholine rings is 1. The second kappa shape index (κ2) is 8.30. The molecule has 2 aromatic carbocycles. The third-order valence-corrected chi connectivity index (χ3v) is 6.19. The van der Waals surface area contributed by atoms with Gasteiger partial charge >= 0.3 is 5.97 Å². The van der Waals surface area contributed by atoms with E-state index in [1.54, 1.807) is 24.3 Å². The van der Waals surface area contributed by atoms with E-state index in [0.717, 1.165) is 0 Å². The number of hydrogen-bond donors (Lipinski definition) is 0. The Morgan fingerprint density at radius 1 is 1.04 bits per heavy atom. The molecule has 1 aliphatic rings. The Kier molecular flexibility index (Phi) is 6.02. The predicted octanol–water partition coefficient (Wildman–Crippen LogP) is 2.71. The van der Waals surface area contributed by atoms with Crippen molar-refractivity contribution in [2.45, 2.75) is 31.0 Å². The summed E-state index contributed by atoms with van der Waals surface area (Å²) in [5.41, 5.74) is 0.140. The topological polar surface area (TPSA) is 82.1 Å².